The van der Waals surface area contributed by atoms with Crippen LogP contribution < -0.4 is 0 Å². The largest absolute Gasteiger partial charge is 0.300 e. The Kier molecular flexibility index (Phi) is 4.95. The zero-order valence-electron chi connectivity index (χ0n) is 11.7. The molecule has 0 aromatic carbocycles. The molecule has 0 bridgehead atoms. The van der Waals surface area contributed by atoms with Gasteiger partial charge in [-0.2, -0.15) is 4.31 Å². The third-order valence-corrected chi connectivity index (χ3v) is 5.70. The molecule has 8 heteroatoms. The Bertz CT molecular complexity index is 545. The molecule has 0 amide bonds. The first-order valence-electron chi connectivity index (χ1n) is 6.70. The summed E-state index contributed by atoms with van der Waals surface area (Å²) < 4.78 is 26.5. The zero-order chi connectivity index (χ0) is 14.8. The number of halogens is 1. The predicted octanol–water partition coefficient (Wildman–Crippen LogP) is 1.23. The van der Waals surface area contributed by atoms with Gasteiger partial charge < -0.3 is 0 Å². The summed E-state index contributed by atoms with van der Waals surface area (Å²) in [6.45, 7) is 7.10. The maximum absolute atomic E-state index is 12.5. The summed E-state index contributed by atoms with van der Waals surface area (Å²) in [5, 5.41) is 0.0476. The molecule has 1 fully saturated rings. The summed E-state index contributed by atoms with van der Waals surface area (Å²) in [4.78, 5) is 9.87. The van der Waals surface area contributed by atoms with Crippen LogP contribution in [0.2, 0.25) is 5.28 Å². The molecule has 1 unspecified atom stereocenters. The Morgan fingerprint density at radius 2 is 1.95 bits per heavy atom. The van der Waals surface area contributed by atoms with Gasteiger partial charge in [0.05, 0.1) is 12.4 Å². The maximum Gasteiger partial charge on any atom is 0.246 e. The van der Waals surface area contributed by atoms with Crippen molar-refractivity contribution in [1.82, 2.24) is 19.2 Å². The summed E-state index contributed by atoms with van der Waals surface area (Å²) in [6, 6.07) is 0.285. The Labute approximate surface area is 124 Å². The summed E-state index contributed by atoms with van der Waals surface area (Å²) in [7, 11) is -3.52. The van der Waals surface area contributed by atoms with Crippen LogP contribution in [-0.2, 0) is 10.0 Å². The highest BCUT2D eigenvalue weighted by Gasteiger charge is 2.34. The molecule has 0 N–H and O–H groups in total. The first kappa shape index (κ1) is 15.6. The first-order valence-corrected chi connectivity index (χ1v) is 8.52. The van der Waals surface area contributed by atoms with Gasteiger partial charge in [0.2, 0.25) is 15.3 Å². The maximum atomic E-state index is 12.5. The minimum absolute atomic E-state index is 0.0476. The lowest BCUT2D eigenvalue weighted by molar-refractivity contribution is 0.224. The number of sulfonamides is 1. The Balaban J connectivity index is 2.14. The van der Waals surface area contributed by atoms with Crippen LogP contribution in [0.4, 0.5) is 0 Å². The van der Waals surface area contributed by atoms with E-state index in [0.29, 0.717) is 13.1 Å². The van der Waals surface area contributed by atoms with E-state index in [9.17, 15) is 8.42 Å². The fourth-order valence-electron chi connectivity index (χ4n) is 2.55. The second kappa shape index (κ2) is 6.34. The zero-order valence-corrected chi connectivity index (χ0v) is 13.2. The van der Waals surface area contributed by atoms with E-state index in [2.05, 4.69) is 28.7 Å². The molecule has 2 rings (SSSR count). The average molecular weight is 319 g/mol. The number of rotatable bonds is 5. The van der Waals surface area contributed by atoms with Crippen molar-refractivity contribution in [3.05, 3.63) is 17.7 Å². The second-order valence-electron chi connectivity index (χ2n) is 4.71. The van der Waals surface area contributed by atoms with Crippen LogP contribution in [0.3, 0.4) is 0 Å². The fraction of sp³-hybridized carbons (Fsp3) is 0.667. The minimum Gasteiger partial charge on any atom is -0.300 e. The molecule has 1 atom stereocenters. The van der Waals surface area contributed by atoms with Crippen molar-refractivity contribution in [2.75, 3.05) is 26.2 Å². The Hall–Kier alpha value is -0.760. The fourth-order valence-corrected chi connectivity index (χ4v) is 4.03. The van der Waals surface area contributed by atoms with Crippen LogP contribution in [0.15, 0.2) is 17.3 Å². The van der Waals surface area contributed by atoms with E-state index in [1.54, 1.807) is 0 Å². The molecular formula is C12H19ClN4O2S. The van der Waals surface area contributed by atoms with E-state index in [0.717, 1.165) is 19.5 Å². The molecular weight excluding hydrogens is 300 g/mol. The topological polar surface area (TPSA) is 66.4 Å². The van der Waals surface area contributed by atoms with Crippen LogP contribution in [0.5, 0.6) is 0 Å². The van der Waals surface area contributed by atoms with E-state index in [1.165, 1.54) is 16.7 Å². The third kappa shape index (κ3) is 3.11. The van der Waals surface area contributed by atoms with Gasteiger partial charge in [0, 0.05) is 19.1 Å². The van der Waals surface area contributed by atoms with Crippen molar-refractivity contribution in [2.24, 2.45) is 0 Å². The van der Waals surface area contributed by atoms with Crippen molar-refractivity contribution in [2.45, 2.75) is 31.2 Å². The predicted molar refractivity (Wildman–Crippen MR) is 77.1 cm³/mol. The molecule has 6 nitrogen and oxygen atoms in total. The molecule has 0 saturated carbocycles. The van der Waals surface area contributed by atoms with Gasteiger partial charge in [-0.05, 0) is 31.1 Å². The molecule has 0 spiro atoms. The van der Waals surface area contributed by atoms with Crippen molar-refractivity contribution in [3.8, 4) is 0 Å². The van der Waals surface area contributed by atoms with E-state index < -0.39 is 10.0 Å². The van der Waals surface area contributed by atoms with Gasteiger partial charge in [-0.1, -0.05) is 13.8 Å². The molecule has 0 aliphatic carbocycles. The van der Waals surface area contributed by atoms with Crippen molar-refractivity contribution in [3.63, 3.8) is 0 Å². The molecule has 1 aliphatic heterocycles. The number of hydrogen-bond donors (Lipinski definition) is 0. The van der Waals surface area contributed by atoms with E-state index in [-0.39, 0.29) is 16.2 Å². The Morgan fingerprint density at radius 1 is 1.35 bits per heavy atom. The highest BCUT2D eigenvalue weighted by atomic mass is 35.5. The van der Waals surface area contributed by atoms with Crippen molar-refractivity contribution < 1.29 is 8.42 Å². The molecule has 1 saturated heterocycles. The van der Waals surface area contributed by atoms with Gasteiger partial charge in [0.25, 0.3) is 0 Å². The lowest BCUT2D eigenvalue weighted by Crippen LogP contribution is -2.38. The van der Waals surface area contributed by atoms with E-state index in [1.807, 2.05) is 0 Å². The van der Waals surface area contributed by atoms with Gasteiger partial charge in [-0.15, -0.1) is 0 Å². The molecule has 112 valence electrons. The van der Waals surface area contributed by atoms with Crippen LogP contribution in [0.25, 0.3) is 0 Å². The smallest absolute Gasteiger partial charge is 0.246 e. The molecule has 1 aliphatic rings. The number of hydrogen-bond acceptors (Lipinski definition) is 5. The van der Waals surface area contributed by atoms with Crippen LogP contribution in [0, 0.1) is 0 Å². The quantitative estimate of drug-likeness (QED) is 0.764. The van der Waals surface area contributed by atoms with E-state index in [4.69, 9.17) is 11.6 Å². The van der Waals surface area contributed by atoms with Crippen molar-refractivity contribution >= 4 is 21.6 Å². The van der Waals surface area contributed by atoms with E-state index >= 15 is 0 Å². The molecule has 1 aromatic heterocycles. The molecule has 2 heterocycles. The highest BCUT2D eigenvalue weighted by molar-refractivity contribution is 7.89. The van der Waals surface area contributed by atoms with Gasteiger partial charge in [-0.3, -0.25) is 4.90 Å². The van der Waals surface area contributed by atoms with Crippen LogP contribution >= 0.6 is 11.6 Å². The average Bonchev–Trinajstić information content (AvgIpc) is 2.91. The standard InChI is InChI=1S/C12H19ClN4O2S/c1-3-16(4-2)10-5-6-17(9-10)20(18,19)11-7-14-12(13)15-8-11/h7-8,10H,3-6,9H2,1-2H3. The first-order chi connectivity index (χ1) is 9.48. The lowest BCUT2D eigenvalue weighted by atomic mass is 10.2. The number of aromatic nitrogens is 2. The van der Waals surface area contributed by atoms with Crippen LogP contribution in [0.1, 0.15) is 20.3 Å². The lowest BCUT2D eigenvalue weighted by Gasteiger charge is -2.26. The van der Waals surface area contributed by atoms with Gasteiger partial charge in [0.15, 0.2) is 0 Å². The molecule has 1 aromatic rings. The van der Waals surface area contributed by atoms with Gasteiger partial charge >= 0.3 is 0 Å². The number of nitrogens with zero attached hydrogens (tertiary/aromatic N) is 4. The summed E-state index contributed by atoms with van der Waals surface area (Å²) >= 11 is 5.59. The Morgan fingerprint density at radius 3 is 2.50 bits per heavy atom. The third-order valence-electron chi connectivity index (χ3n) is 3.69. The van der Waals surface area contributed by atoms with Crippen molar-refractivity contribution in [1.29, 1.82) is 0 Å². The summed E-state index contributed by atoms with van der Waals surface area (Å²) in [6.07, 6.45) is 3.38. The monoisotopic (exact) mass is 318 g/mol. The minimum atomic E-state index is -3.52. The SMILES string of the molecule is CCN(CC)C1CCN(S(=O)(=O)c2cnc(Cl)nc2)C1. The second-order valence-corrected chi connectivity index (χ2v) is 6.99. The van der Waals surface area contributed by atoms with Crippen LogP contribution in [-0.4, -0.2) is 59.8 Å². The molecule has 0 radical (unpaired) electrons. The summed E-state index contributed by atoms with van der Waals surface area (Å²) in [5.41, 5.74) is 0. The van der Waals surface area contributed by atoms with Gasteiger partial charge in [-0.25, -0.2) is 18.4 Å². The normalized spacial score (nSPS) is 20.7. The summed E-state index contributed by atoms with van der Waals surface area (Å²) in [5.74, 6) is 0. The number of likely N-dealkylation sites (N-methyl/N-ethyl adjacent to an activating group) is 1. The highest BCUT2D eigenvalue weighted by Crippen LogP contribution is 2.23. The molecule has 20 heavy (non-hydrogen) atoms. The van der Waals surface area contributed by atoms with Gasteiger partial charge in [0.1, 0.15) is 4.90 Å².